The topological polar surface area (TPSA) is 38.0 Å². The second-order valence-electron chi connectivity index (χ2n) is 5.75. The zero-order valence-corrected chi connectivity index (χ0v) is 10.6. The molecule has 90 valence electrons. The Morgan fingerprint density at radius 3 is 2.53 bits per heavy atom. The normalized spacial score (nSPS) is 28.6. The van der Waals surface area contributed by atoms with E-state index in [0.717, 1.165) is 31.0 Å². The number of nitrogens with one attached hydrogen (secondary N) is 1. The van der Waals surface area contributed by atoms with Crippen molar-refractivity contribution in [3.8, 4) is 0 Å². The van der Waals surface area contributed by atoms with Crippen LogP contribution in [0.15, 0.2) is 0 Å². The van der Waals surface area contributed by atoms with Crippen molar-refractivity contribution in [1.29, 1.82) is 0 Å². The standard InChI is InChI=1S/C13H28N2/c1-10(2)6-12(8-14)9-15-13-5-4-11(3)7-13/h10-13,15H,4-9,14H2,1-3H3. The van der Waals surface area contributed by atoms with Crippen LogP contribution in [-0.4, -0.2) is 19.1 Å². The quantitative estimate of drug-likeness (QED) is 0.709. The molecule has 0 aromatic rings. The highest BCUT2D eigenvalue weighted by molar-refractivity contribution is 4.79. The van der Waals surface area contributed by atoms with E-state index in [1.807, 2.05) is 0 Å². The largest absolute Gasteiger partial charge is 0.330 e. The van der Waals surface area contributed by atoms with Gasteiger partial charge in [0, 0.05) is 6.04 Å². The van der Waals surface area contributed by atoms with Gasteiger partial charge in [-0.2, -0.15) is 0 Å². The molecule has 1 rings (SSSR count). The fourth-order valence-electron chi connectivity index (χ4n) is 2.66. The number of nitrogens with two attached hydrogens (primary N) is 1. The Balaban J connectivity index is 2.16. The molecule has 15 heavy (non-hydrogen) atoms. The van der Waals surface area contributed by atoms with Crippen molar-refractivity contribution in [1.82, 2.24) is 5.32 Å². The average molecular weight is 212 g/mol. The Labute approximate surface area is 95.0 Å². The van der Waals surface area contributed by atoms with Gasteiger partial charge in [0.1, 0.15) is 0 Å². The van der Waals surface area contributed by atoms with Crippen LogP contribution in [0, 0.1) is 17.8 Å². The summed E-state index contributed by atoms with van der Waals surface area (Å²) in [5.74, 6) is 2.35. The van der Waals surface area contributed by atoms with E-state index < -0.39 is 0 Å². The highest BCUT2D eigenvalue weighted by Gasteiger charge is 2.21. The van der Waals surface area contributed by atoms with Gasteiger partial charge in [0.25, 0.3) is 0 Å². The van der Waals surface area contributed by atoms with E-state index in [1.165, 1.54) is 25.7 Å². The number of hydrogen-bond acceptors (Lipinski definition) is 2. The van der Waals surface area contributed by atoms with Crippen LogP contribution in [0.1, 0.15) is 46.5 Å². The molecule has 0 radical (unpaired) electrons. The van der Waals surface area contributed by atoms with E-state index in [4.69, 9.17) is 5.73 Å². The molecule has 2 nitrogen and oxygen atoms in total. The Kier molecular flexibility index (Phi) is 5.62. The van der Waals surface area contributed by atoms with Crippen LogP contribution in [0.5, 0.6) is 0 Å². The molecular weight excluding hydrogens is 184 g/mol. The maximum atomic E-state index is 5.79. The zero-order chi connectivity index (χ0) is 11.3. The van der Waals surface area contributed by atoms with E-state index >= 15 is 0 Å². The first-order chi connectivity index (χ1) is 7.11. The molecule has 0 bridgehead atoms. The fourth-order valence-corrected chi connectivity index (χ4v) is 2.66. The van der Waals surface area contributed by atoms with Gasteiger partial charge < -0.3 is 11.1 Å². The Hall–Kier alpha value is -0.0800. The zero-order valence-electron chi connectivity index (χ0n) is 10.6. The molecule has 1 aliphatic rings. The lowest BCUT2D eigenvalue weighted by molar-refractivity contribution is 0.369. The van der Waals surface area contributed by atoms with Gasteiger partial charge in [-0.1, -0.05) is 20.8 Å². The lowest BCUT2D eigenvalue weighted by Gasteiger charge is -2.20. The summed E-state index contributed by atoms with van der Waals surface area (Å²) in [6.07, 6.45) is 5.38. The van der Waals surface area contributed by atoms with Gasteiger partial charge in [-0.05, 0) is 56.5 Å². The highest BCUT2D eigenvalue weighted by atomic mass is 14.9. The third-order valence-electron chi connectivity index (χ3n) is 3.53. The maximum Gasteiger partial charge on any atom is 0.00698 e. The van der Waals surface area contributed by atoms with E-state index in [-0.39, 0.29) is 0 Å². The lowest BCUT2D eigenvalue weighted by Crippen LogP contribution is -2.35. The molecule has 0 saturated heterocycles. The maximum absolute atomic E-state index is 5.79. The van der Waals surface area contributed by atoms with Crippen molar-refractivity contribution < 1.29 is 0 Å². The molecule has 0 aromatic carbocycles. The summed E-state index contributed by atoms with van der Waals surface area (Å²) in [4.78, 5) is 0. The Morgan fingerprint density at radius 1 is 1.33 bits per heavy atom. The molecule has 1 fully saturated rings. The molecule has 3 unspecified atom stereocenters. The summed E-state index contributed by atoms with van der Waals surface area (Å²) >= 11 is 0. The number of rotatable bonds is 6. The van der Waals surface area contributed by atoms with Gasteiger partial charge in [0.2, 0.25) is 0 Å². The number of hydrogen-bond donors (Lipinski definition) is 2. The van der Waals surface area contributed by atoms with Gasteiger partial charge in [0.15, 0.2) is 0 Å². The first-order valence-corrected chi connectivity index (χ1v) is 6.55. The van der Waals surface area contributed by atoms with Crippen molar-refractivity contribution in [2.75, 3.05) is 13.1 Å². The second kappa shape index (κ2) is 6.49. The first kappa shape index (κ1) is 13.0. The van der Waals surface area contributed by atoms with E-state index in [1.54, 1.807) is 0 Å². The van der Waals surface area contributed by atoms with E-state index in [0.29, 0.717) is 5.92 Å². The predicted molar refractivity (Wildman–Crippen MR) is 66.8 cm³/mol. The van der Waals surface area contributed by atoms with Crippen LogP contribution in [0.2, 0.25) is 0 Å². The van der Waals surface area contributed by atoms with Crippen molar-refractivity contribution >= 4 is 0 Å². The van der Waals surface area contributed by atoms with Crippen LogP contribution in [-0.2, 0) is 0 Å². The first-order valence-electron chi connectivity index (χ1n) is 6.55. The summed E-state index contributed by atoms with van der Waals surface area (Å²) in [7, 11) is 0. The van der Waals surface area contributed by atoms with Crippen LogP contribution in [0.25, 0.3) is 0 Å². The fraction of sp³-hybridized carbons (Fsp3) is 1.00. The molecule has 0 heterocycles. The smallest absolute Gasteiger partial charge is 0.00698 e. The monoisotopic (exact) mass is 212 g/mol. The highest BCUT2D eigenvalue weighted by Crippen LogP contribution is 2.24. The molecular formula is C13H28N2. The molecule has 3 N–H and O–H groups in total. The van der Waals surface area contributed by atoms with E-state index in [9.17, 15) is 0 Å². The average Bonchev–Trinajstić information content (AvgIpc) is 2.58. The van der Waals surface area contributed by atoms with E-state index in [2.05, 4.69) is 26.1 Å². The van der Waals surface area contributed by atoms with Crippen molar-refractivity contribution in [2.45, 2.75) is 52.5 Å². The van der Waals surface area contributed by atoms with Crippen LogP contribution in [0.3, 0.4) is 0 Å². The van der Waals surface area contributed by atoms with Gasteiger partial charge in [-0.25, -0.2) is 0 Å². The van der Waals surface area contributed by atoms with Gasteiger partial charge in [0.05, 0.1) is 0 Å². The lowest BCUT2D eigenvalue weighted by atomic mass is 9.97. The molecule has 0 aliphatic heterocycles. The minimum absolute atomic E-state index is 0.668. The predicted octanol–water partition coefficient (Wildman–Crippen LogP) is 2.39. The van der Waals surface area contributed by atoms with Gasteiger partial charge >= 0.3 is 0 Å². The summed E-state index contributed by atoms with van der Waals surface area (Å²) < 4.78 is 0. The summed E-state index contributed by atoms with van der Waals surface area (Å²) in [6.45, 7) is 8.86. The molecule has 0 aromatic heterocycles. The minimum atomic E-state index is 0.668. The van der Waals surface area contributed by atoms with Crippen molar-refractivity contribution in [3.63, 3.8) is 0 Å². The molecule has 1 aliphatic carbocycles. The SMILES string of the molecule is CC(C)CC(CN)CNC1CCC(C)C1. The van der Waals surface area contributed by atoms with Crippen LogP contribution >= 0.6 is 0 Å². The van der Waals surface area contributed by atoms with Crippen molar-refractivity contribution in [3.05, 3.63) is 0 Å². The Morgan fingerprint density at radius 2 is 2.07 bits per heavy atom. The van der Waals surface area contributed by atoms with Gasteiger partial charge in [-0.15, -0.1) is 0 Å². The molecule has 0 amide bonds. The molecule has 0 spiro atoms. The van der Waals surface area contributed by atoms with Crippen molar-refractivity contribution in [2.24, 2.45) is 23.5 Å². The second-order valence-corrected chi connectivity index (χ2v) is 5.75. The molecule has 2 heteroatoms. The van der Waals surface area contributed by atoms with Crippen LogP contribution in [0.4, 0.5) is 0 Å². The van der Waals surface area contributed by atoms with Crippen LogP contribution < -0.4 is 11.1 Å². The minimum Gasteiger partial charge on any atom is -0.330 e. The molecule has 1 saturated carbocycles. The summed E-state index contributed by atoms with van der Waals surface area (Å²) in [5, 5.41) is 3.69. The summed E-state index contributed by atoms with van der Waals surface area (Å²) in [5.41, 5.74) is 5.79. The summed E-state index contributed by atoms with van der Waals surface area (Å²) in [6, 6.07) is 0.765. The third kappa shape index (κ3) is 4.98. The molecule has 3 atom stereocenters. The van der Waals surface area contributed by atoms with Gasteiger partial charge in [-0.3, -0.25) is 0 Å². The Bertz CT molecular complexity index is 168. The third-order valence-corrected chi connectivity index (χ3v) is 3.53.